The third kappa shape index (κ3) is 2.36. The summed E-state index contributed by atoms with van der Waals surface area (Å²) in [6.07, 6.45) is 7.70. The number of aromatic nitrogens is 2. The first-order valence-electron chi connectivity index (χ1n) is 7.50. The first-order chi connectivity index (χ1) is 9.76. The van der Waals surface area contributed by atoms with Crippen molar-refractivity contribution in [2.45, 2.75) is 50.5 Å². The van der Waals surface area contributed by atoms with Gasteiger partial charge in [-0.05, 0) is 49.3 Å². The van der Waals surface area contributed by atoms with Crippen LogP contribution in [0.1, 0.15) is 49.1 Å². The molecule has 0 atom stereocenters. The molecule has 1 fully saturated rings. The van der Waals surface area contributed by atoms with Crippen LogP contribution in [0.5, 0.6) is 0 Å². The fourth-order valence-electron chi connectivity index (χ4n) is 3.58. The van der Waals surface area contributed by atoms with Gasteiger partial charge in [0.25, 0.3) is 5.89 Å². The van der Waals surface area contributed by atoms with E-state index >= 15 is 0 Å². The molecule has 1 aromatic heterocycles. The van der Waals surface area contributed by atoms with Crippen molar-refractivity contribution >= 4 is 12.4 Å². The van der Waals surface area contributed by atoms with Crippen molar-refractivity contribution < 1.29 is 4.52 Å². The van der Waals surface area contributed by atoms with Crippen LogP contribution in [-0.2, 0) is 18.4 Å². The van der Waals surface area contributed by atoms with Crippen LogP contribution >= 0.6 is 12.4 Å². The van der Waals surface area contributed by atoms with Crippen LogP contribution in [-0.4, -0.2) is 10.1 Å². The third-order valence-electron chi connectivity index (χ3n) is 4.74. The van der Waals surface area contributed by atoms with E-state index < -0.39 is 0 Å². The zero-order valence-electron chi connectivity index (χ0n) is 12.0. The SMILES string of the molecule is Cl.NC1(c2noc(-c3cccc4c3CCC4)n2)CCCC1. The lowest BCUT2D eigenvalue weighted by Gasteiger charge is -2.17. The van der Waals surface area contributed by atoms with Crippen molar-refractivity contribution in [3.63, 3.8) is 0 Å². The smallest absolute Gasteiger partial charge is 0.258 e. The molecule has 0 saturated heterocycles. The molecule has 2 N–H and O–H groups in total. The van der Waals surface area contributed by atoms with Gasteiger partial charge in [0, 0.05) is 5.56 Å². The van der Waals surface area contributed by atoms with Crippen molar-refractivity contribution in [2.24, 2.45) is 5.73 Å². The summed E-state index contributed by atoms with van der Waals surface area (Å²) in [5, 5.41) is 4.16. The van der Waals surface area contributed by atoms with E-state index in [0.29, 0.717) is 11.7 Å². The molecule has 112 valence electrons. The van der Waals surface area contributed by atoms with Crippen molar-refractivity contribution in [2.75, 3.05) is 0 Å². The molecule has 4 rings (SSSR count). The number of nitrogens with zero attached hydrogens (tertiary/aromatic N) is 2. The standard InChI is InChI=1S/C16H19N3O.ClH/c17-16(9-1-2-10-16)15-18-14(20-19-15)13-8-4-6-11-5-3-7-12(11)13;/h4,6,8H,1-3,5,7,9-10,17H2;1H. The Labute approximate surface area is 130 Å². The lowest BCUT2D eigenvalue weighted by molar-refractivity contribution is 0.372. The first kappa shape index (κ1) is 14.5. The zero-order chi connectivity index (χ0) is 13.6. The summed E-state index contributed by atoms with van der Waals surface area (Å²) in [6, 6.07) is 6.36. The van der Waals surface area contributed by atoms with E-state index in [9.17, 15) is 0 Å². The van der Waals surface area contributed by atoms with Crippen LogP contribution in [0.3, 0.4) is 0 Å². The minimum atomic E-state index is -0.375. The van der Waals surface area contributed by atoms with Crippen molar-refractivity contribution in [1.82, 2.24) is 10.1 Å². The highest BCUT2D eigenvalue weighted by Gasteiger charge is 2.36. The number of nitrogens with two attached hydrogens (primary N) is 1. The molecule has 1 heterocycles. The van der Waals surface area contributed by atoms with Gasteiger partial charge in [-0.3, -0.25) is 0 Å². The average molecular weight is 306 g/mol. The number of halogens is 1. The average Bonchev–Trinajstić information content (AvgIpc) is 3.18. The predicted molar refractivity (Wildman–Crippen MR) is 83.3 cm³/mol. The normalized spacial score (nSPS) is 19.3. The summed E-state index contributed by atoms with van der Waals surface area (Å²) in [6.45, 7) is 0. The van der Waals surface area contributed by atoms with Crippen LogP contribution in [0.4, 0.5) is 0 Å². The molecular formula is C16H20ClN3O. The Bertz CT molecular complexity index is 647. The minimum Gasteiger partial charge on any atom is -0.334 e. The van der Waals surface area contributed by atoms with E-state index in [2.05, 4.69) is 28.3 Å². The van der Waals surface area contributed by atoms with E-state index in [-0.39, 0.29) is 17.9 Å². The molecule has 1 saturated carbocycles. The molecule has 2 aromatic rings. The molecule has 0 unspecified atom stereocenters. The van der Waals surface area contributed by atoms with Gasteiger partial charge in [-0.2, -0.15) is 4.98 Å². The van der Waals surface area contributed by atoms with E-state index in [4.69, 9.17) is 10.3 Å². The lowest BCUT2D eigenvalue weighted by Crippen LogP contribution is -2.34. The summed E-state index contributed by atoms with van der Waals surface area (Å²) in [4.78, 5) is 4.61. The summed E-state index contributed by atoms with van der Waals surface area (Å²) in [5.74, 6) is 1.32. The number of rotatable bonds is 2. The van der Waals surface area contributed by atoms with E-state index in [1.54, 1.807) is 0 Å². The summed E-state index contributed by atoms with van der Waals surface area (Å²) in [7, 11) is 0. The molecule has 2 aliphatic rings. The summed E-state index contributed by atoms with van der Waals surface area (Å²) >= 11 is 0. The Morgan fingerprint density at radius 2 is 1.90 bits per heavy atom. The van der Waals surface area contributed by atoms with E-state index in [1.165, 1.54) is 17.5 Å². The maximum Gasteiger partial charge on any atom is 0.258 e. The monoisotopic (exact) mass is 305 g/mol. The van der Waals surface area contributed by atoms with Gasteiger partial charge in [0.15, 0.2) is 5.82 Å². The maximum atomic E-state index is 6.40. The largest absolute Gasteiger partial charge is 0.334 e. The Balaban J connectivity index is 0.00000132. The molecular weight excluding hydrogens is 286 g/mol. The molecule has 4 nitrogen and oxygen atoms in total. The van der Waals surface area contributed by atoms with E-state index in [1.807, 2.05) is 0 Å². The molecule has 0 spiro atoms. The molecule has 0 amide bonds. The van der Waals surface area contributed by atoms with E-state index in [0.717, 1.165) is 44.1 Å². The van der Waals surface area contributed by atoms with Gasteiger partial charge < -0.3 is 10.3 Å². The highest BCUT2D eigenvalue weighted by molar-refractivity contribution is 5.85. The van der Waals surface area contributed by atoms with Gasteiger partial charge in [-0.1, -0.05) is 30.1 Å². The number of benzene rings is 1. The predicted octanol–water partition coefficient (Wildman–Crippen LogP) is 3.38. The fourth-order valence-corrected chi connectivity index (χ4v) is 3.58. The topological polar surface area (TPSA) is 64.9 Å². The Morgan fingerprint density at radius 3 is 2.71 bits per heavy atom. The second-order valence-electron chi connectivity index (χ2n) is 6.08. The van der Waals surface area contributed by atoms with Gasteiger partial charge in [0.2, 0.25) is 0 Å². The van der Waals surface area contributed by atoms with Gasteiger partial charge in [-0.15, -0.1) is 12.4 Å². The molecule has 2 aliphatic carbocycles. The Kier molecular flexibility index (Phi) is 3.76. The van der Waals surface area contributed by atoms with Crippen LogP contribution in [0.2, 0.25) is 0 Å². The van der Waals surface area contributed by atoms with Crippen LogP contribution in [0, 0.1) is 0 Å². The molecule has 21 heavy (non-hydrogen) atoms. The lowest BCUT2D eigenvalue weighted by atomic mass is 9.98. The molecule has 1 aromatic carbocycles. The van der Waals surface area contributed by atoms with Crippen molar-refractivity contribution in [3.8, 4) is 11.5 Å². The second-order valence-corrected chi connectivity index (χ2v) is 6.08. The highest BCUT2D eigenvalue weighted by atomic mass is 35.5. The second kappa shape index (κ2) is 5.43. The van der Waals surface area contributed by atoms with Gasteiger partial charge in [0.05, 0.1) is 5.54 Å². The molecule has 0 bridgehead atoms. The van der Waals surface area contributed by atoms with Crippen LogP contribution < -0.4 is 5.73 Å². The van der Waals surface area contributed by atoms with Crippen LogP contribution in [0.15, 0.2) is 22.7 Å². The Hall–Kier alpha value is -1.39. The first-order valence-corrected chi connectivity index (χ1v) is 7.50. The summed E-state index contributed by atoms with van der Waals surface area (Å²) in [5.41, 5.74) is 9.92. The van der Waals surface area contributed by atoms with Gasteiger partial charge in [0.1, 0.15) is 0 Å². The minimum absolute atomic E-state index is 0. The number of aryl methyl sites for hydroxylation is 1. The number of fused-ring (bicyclic) bond motifs is 1. The zero-order valence-corrected chi connectivity index (χ0v) is 12.8. The van der Waals surface area contributed by atoms with Crippen molar-refractivity contribution in [3.05, 3.63) is 35.2 Å². The summed E-state index contributed by atoms with van der Waals surface area (Å²) < 4.78 is 5.51. The molecule has 0 aliphatic heterocycles. The van der Waals surface area contributed by atoms with Crippen molar-refractivity contribution in [1.29, 1.82) is 0 Å². The third-order valence-corrected chi connectivity index (χ3v) is 4.74. The van der Waals surface area contributed by atoms with Crippen LogP contribution in [0.25, 0.3) is 11.5 Å². The van der Waals surface area contributed by atoms with Gasteiger partial charge in [-0.25, -0.2) is 0 Å². The molecule has 0 radical (unpaired) electrons. The molecule has 5 heteroatoms. The van der Waals surface area contributed by atoms with Gasteiger partial charge >= 0.3 is 0 Å². The number of hydrogen-bond acceptors (Lipinski definition) is 4. The highest BCUT2D eigenvalue weighted by Crippen LogP contribution is 2.37. The Morgan fingerprint density at radius 1 is 1.10 bits per heavy atom. The number of hydrogen-bond donors (Lipinski definition) is 1. The quantitative estimate of drug-likeness (QED) is 0.924. The fraction of sp³-hybridized carbons (Fsp3) is 0.500. The maximum absolute atomic E-state index is 6.40.